The maximum atomic E-state index is 12.1. The summed E-state index contributed by atoms with van der Waals surface area (Å²) in [6, 6.07) is 0. The number of rotatable bonds is 5. The second kappa shape index (κ2) is 6.45. The Morgan fingerprint density at radius 2 is 1.90 bits per heavy atom. The Balaban J connectivity index is 2.45. The molecule has 1 aliphatic rings. The SMILES string of the molecule is CCC1(C(=O)O)CCN(C(=O)CCNC(=O)C(C)(C)C)C1. The minimum atomic E-state index is -0.832. The maximum absolute atomic E-state index is 12.1. The van der Waals surface area contributed by atoms with Gasteiger partial charge in [-0.15, -0.1) is 0 Å². The minimum absolute atomic E-state index is 0.0924. The van der Waals surface area contributed by atoms with Crippen LogP contribution < -0.4 is 5.32 Å². The van der Waals surface area contributed by atoms with Gasteiger partial charge in [0.1, 0.15) is 0 Å². The summed E-state index contributed by atoms with van der Waals surface area (Å²) in [4.78, 5) is 36.7. The third-order valence-corrected chi connectivity index (χ3v) is 4.14. The highest BCUT2D eigenvalue weighted by Crippen LogP contribution is 2.34. The summed E-state index contributed by atoms with van der Waals surface area (Å²) in [5.74, 6) is -1.02. The molecule has 0 aromatic carbocycles. The second-order valence-electron chi connectivity index (χ2n) is 6.76. The number of amides is 2. The van der Waals surface area contributed by atoms with E-state index in [1.165, 1.54) is 0 Å². The number of aliphatic carboxylic acids is 1. The molecule has 6 nitrogen and oxygen atoms in total. The van der Waals surface area contributed by atoms with Crippen LogP contribution in [0.4, 0.5) is 0 Å². The molecule has 1 aliphatic heterocycles. The predicted octanol–water partition coefficient (Wildman–Crippen LogP) is 1.25. The van der Waals surface area contributed by atoms with E-state index in [0.717, 1.165) is 0 Å². The van der Waals surface area contributed by atoms with E-state index in [9.17, 15) is 19.5 Å². The number of likely N-dealkylation sites (tertiary alicyclic amines) is 1. The third-order valence-electron chi connectivity index (χ3n) is 4.14. The lowest BCUT2D eigenvalue weighted by Gasteiger charge is -2.23. The van der Waals surface area contributed by atoms with Crippen molar-refractivity contribution in [2.24, 2.45) is 10.8 Å². The summed E-state index contributed by atoms with van der Waals surface area (Å²) >= 11 is 0. The van der Waals surface area contributed by atoms with Gasteiger partial charge in [0.25, 0.3) is 0 Å². The van der Waals surface area contributed by atoms with Gasteiger partial charge in [0, 0.05) is 31.5 Å². The van der Waals surface area contributed by atoms with Gasteiger partial charge in [-0.2, -0.15) is 0 Å². The Morgan fingerprint density at radius 1 is 1.29 bits per heavy atom. The first kappa shape index (κ1) is 17.5. The Kier molecular flexibility index (Phi) is 5.36. The topological polar surface area (TPSA) is 86.7 Å². The number of hydrogen-bond donors (Lipinski definition) is 2. The molecule has 0 aliphatic carbocycles. The Bertz CT molecular complexity index is 428. The van der Waals surface area contributed by atoms with Gasteiger partial charge in [-0.25, -0.2) is 0 Å². The third kappa shape index (κ3) is 4.19. The van der Waals surface area contributed by atoms with E-state index in [1.54, 1.807) is 4.90 Å². The highest BCUT2D eigenvalue weighted by Gasteiger charge is 2.44. The molecule has 0 aromatic heterocycles. The first-order valence-electron chi connectivity index (χ1n) is 7.42. The predicted molar refractivity (Wildman–Crippen MR) is 78.6 cm³/mol. The number of hydrogen-bond acceptors (Lipinski definition) is 3. The zero-order valence-corrected chi connectivity index (χ0v) is 13.4. The molecule has 1 atom stereocenters. The zero-order chi connectivity index (χ0) is 16.3. The second-order valence-corrected chi connectivity index (χ2v) is 6.76. The fourth-order valence-corrected chi connectivity index (χ4v) is 2.41. The van der Waals surface area contributed by atoms with Gasteiger partial charge in [-0.05, 0) is 12.8 Å². The largest absolute Gasteiger partial charge is 0.481 e. The molecule has 0 saturated carbocycles. The van der Waals surface area contributed by atoms with E-state index in [0.29, 0.717) is 19.4 Å². The lowest BCUT2D eigenvalue weighted by molar-refractivity contribution is -0.148. The normalized spacial score (nSPS) is 22.2. The number of nitrogens with zero attached hydrogens (tertiary/aromatic N) is 1. The molecule has 120 valence electrons. The molecular weight excluding hydrogens is 272 g/mol. The Morgan fingerprint density at radius 3 is 2.33 bits per heavy atom. The number of carbonyl (C=O) groups is 3. The van der Waals surface area contributed by atoms with Crippen molar-refractivity contribution in [1.82, 2.24) is 10.2 Å². The van der Waals surface area contributed by atoms with Crippen LogP contribution in [0.3, 0.4) is 0 Å². The average Bonchev–Trinajstić information content (AvgIpc) is 2.83. The molecule has 1 saturated heterocycles. The lowest BCUT2D eigenvalue weighted by Crippen LogP contribution is -2.39. The van der Waals surface area contributed by atoms with E-state index >= 15 is 0 Å². The number of carboxylic acids is 1. The van der Waals surface area contributed by atoms with Crippen molar-refractivity contribution in [3.05, 3.63) is 0 Å². The molecule has 0 bridgehead atoms. The quantitative estimate of drug-likeness (QED) is 0.800. The fraction of sp³-hybridized carbons (Fsp3) is 0.800. The van der Waals surface area contributed by atoms with Crippen molar-refractivity contribution < 1.29 is 19.5 Å². The summed E-state index contributed by atoms with van der Waals surface area (Å²) in [6.07, 6.45) is 1.23. The number of carbonyl (C=O) groups excluding carboxylic acids is 2. The van der Waals surface area contributed by atoms with Crippen LogP contribution >= 0.6 is 0 Å². The smallest absolute Gasteiger partial charge is 0.311 e. The van der Waals surface area contributed by atoms with Crippen molar-refractivity contribution in [1.29, 1.82) is 0 Å². The van der Waals surface area contributed by atoms with E-state index in [1.807, 2.05) is 27.7 Å². The van der Waals surface area contributed by atoms with E-state index in [2.05, 4.69) is 5.32 Å². The van der Waals surface area contributed by atoms with Crippen molar-refractivity contribution in [3.63, 3.8) is 0 Å². The van der Waals surface area contributed by atoms with E-state index in [-0.39, 0.29) is 31.3 Å². The zero-order valence-electron chi connectivity index (χ0n) is 13.4. The van der Waals surface area contributed by atoms with Crippen LogP contribution in [0.5, 0.6) is 0 Å². The summed E-state index contributed by atoms with van der Waals surface area (Å²) in [5.41, 5.74) is -1.28. The van der Waals surface area contributed by atoms with Crippen LogP contribution in [0.2, 0.25) is 0 Å². The molecule has 0 radical (unpaired) electrons. The molecule has 0 spiro atoms. The lowest BCUT2D eigenvalue weighted by atomic mass is 9.84. The van der Waals surface area contributed by atoms with Gasteiger partial charge in [-0.3, -0.25) is 14.4 Å². The molecule has 1 rings (SSSR count). The van der Waals surface area contributed by atoms with E-state index in [4.69, 9.17) is 0 Å². The average molecular weight is 298 g/mol. The molecule has 2 N–H and O–H groups in total. The highest BCUT2D eigenvalue weighted by molar-refractivity contribution is 5.83. The Labute approximate surface area is 125 Å². The number of carboxylic acid groups (broad SMARTS) is 1. The summed E-state index contributed by atoms with van der Waals surface area (Å²) < 4.78 is 0. The first-order valence-corrected chi connectivity index (χ1v) is 7.42. The Hall–Kier alpha value is -1.59. The standard InChI is InChI=1S/C15H26N2O4/c1-5-15(13(20)21)7-9-17(10-15)11(18)6-8-16-12(19)14(2,3)4/h5-10H2,1-4H3,(H,16,19)(H,20,21). The maximum Gasteiger partial charge on any atom is 0.311 e. The van der Waals surface area contributed by atoms with Crippen LogP contribution in [-0.4, -0.2) is 47.4 Å². The summed E-state index contributed by atoms with van der Waals surface area (Å²) in [7, 11) is 0. The molecule has 2 amide bonds. The van der Waals surface area contributed by atoms with Crippen LogP contribution in [0, 0.1) is 10.8 Å². The molecule has 1 fully saturated rings. The van der Waals surface area contributed by atoms with Gasteiger partial charge in [0.2, 0.25) is 11.8 Å². The van der Waals surface area contributed by atoms with Crippen LogP contribution in [0.15, 0.2) is 0 Å². The molecule has 21 heavy (non-hydrogen) atoms. The number of nitrogens with one attached hydrogen (secondary N) is 1. The molecule has 6 heteroatoms. The van der Waals surface area contributed by atoms with Crippen LogP contribution in [0.1, 0.15) is 47.0 Å². The van der Waals surface area contributed by atoms with Crippen molar-refractivity contribution in [3.8, 4) is 0 Å². The molecule has 1 unspecified atom stereocenters. The molecular formula is C15H26N2O4. The monoisotopic (exact) mass is 298 g/mol. The summed E-state index contributed by atoms with van der Waals surface area (Å²) in [5, 5.41) is 12.0. The first-order chi connectivity index (χ1) is 9.62. The van der Waals surface area contributed by atoms with Crippen LogP contribution in [-0.2, 0) is 14.4 Å². The van der Waals surface area contributed by atoms with Gasteiger partial charge in [0.05, 0.1) is 5.41 Å². The fourth-order valence-electron chi connectivity index (χ4n) is 2.41. The van der Waals surface area contributed by atoms with Crippen molar-refractivity contribution in [2.45, 2.75) is 47.0 Å². The highest BCUT2D eigenvalue weighted by atomic mass is 16.4. The van der Waals surface area contributed by atoms with E-state index < -0.39 is 16.8 Å². The van der Waals surface area contributed by atoms with Crippen LogP contribution in [0.25, 0.3) is 0 Å². The van der Waals surface area contributed by atoms with Gasteiger partial charge in [0.15, 0.2) is 0 Å². The minimum Gasteiger partial charge on any atom is -0.481 e. The molecule has 0 aromatic rings. The van der Waals surface area contributed by atoms with Gasteiger partial charge < -0.3 is 15.3 Å². The van der Waals surface area contributed by atoms with Gasteiger partial charge >= 0.3 is 5.97 Å². The summed E-state index contributed by atoms with van der Waals surface area (Å²) in [6.45, 7) is 8.31. The van der Waals surface area contributed by atoms with Crippen molar-refractivity contribution in [2.75, 3.05) is 19.6 Å². The molecule has 1 heterocycles. The van der Waals surface area contributed by atoms with Crippen molar-refractivity contribution >= 4 is 17.8 Å². The van der Waals surface area contributed by atoms with Gasteiger partial charge in [-0.1, -0.05) is 27.7 Å².